The van der Waals surface area contributed by atoms with Crippen LogP contribution in [-0.2, 0) is 4.79 Å². The average molecular weight is 428 g/mol. The summed E-state index contributed by atoms with van der Waals surface area (Å²) in [5, 5.41) is 9.11. The second kappa shape index (κ2) is 8.42. The highest BCUT2D eigenvalue weighted by atomic mass is 16.5. The Morgan fingerprint density at radius 1 is 1.00 bits per heavy atom. The number of carboxylic acids is 1. The van der Waals surface area contributed by atoms with Gasteiger partial charge in [0.25, 0.3) is 0 Å². The number of nitrogens with zero attached hydrogens (tertiary/aromatic N) is 3. The fraction of sp³-hybridized carbons (Fsp3) is 0.280. The largest absolute Gasteiger partial charge is 0.481 e. The first-order chi connectivity index (χ1) is 15.5. The minimum absolute atomic E-state index is 0.0222. The lowest BCUT2D eigenvalue weighted by atomic mass is 9.87. The molecule has 5 rings (SSSR count). The molecule has 32 heavy (non-hydrogen) atoms. The maximum absolute atomic E-state index is 11.1. The molecule has 1 saturated carbocycles. The third kappa shape index (κ3) is 4.19. The molecule has 0 radical (unpaired) electrons. The molecule has 7 heteroatoms. The van der Waals surface area contributed by atoms with Crippen molar-refractivity contribution >= 4 is 17.0 Å². The molecule has 7 nitrogen and oxygen atoms in total. The third-order valence-electron chi connectivity index (χ3n) is 6.02. The zero-order valence-electron chi connectivity index (χ0n) is 17.8. The highest BCUT2D eigenvalue weighted by Gasteiger charge is 2.27. The van der Waals surface area contributed by atoms with Gasteiger partial charge in [-0.25, -0.2) is 9.97 Å². The van der Waals surface area contributed by atoms with Gasteiger partial charge >= 0.3 is 5.97 Å². The number of imidazole rings is 1. The Labute approximate surface area is 185 Å². The Bertz CT molecular complexity index is 1240. The van der Waals surface area contributed by atoms with Crippen molar-refractivity contribution in [2.75, 3.05) is 0 Å². The van der Waals surface area contributed by atoms with Crippen LogP contribution in [0, 0.1) is 12.8 Å². The number of carbonyl (C=O) groups is 1. The third-order valence-corrected chi connectivity index (χ3v) is 6.02. The first-order valence-electron chi connectivity index (χ1n) is 10.8. The van der Waals surface area contributed by atoms with Crippen molar-refractivity contribution in [3.63, 3.8) is 0 Å². The molecule has 0 bridgehead atoms. The monoisotopic (exact) mass is 428 g/mol. The van der Waals surface area contributed by atoms with Gasteiger partial charge in [-0.3, -0.25) is 9.78 Å². The van der Waals surface area contributed by atoms with Gasteiger partial charge in [-0.15, -0.1) is 0 Å². The van der Waals surface area contributed by atoms with Crippen molar-refractivity contribution in [3.8, 4) is 28.5 Å². The number of carboxylic acid groups (broad SMARTS) is 1. The number of rotatable bonds is 5. The summed E-state index contributed by atoms with van der Waals surface area (Å²) in [6.07, 6.45) is 6.37. The maximum Gasteiger partial charge on any atom is 0.306 e. The molecule has 0 unspecified atom stereocenters. The molecule has 1 aromatic carbocycles. The molecule has 1 aliphatic carbocycles. The van der Waals surface area contributed by atoms with Crippen LogP contribution in [0.1, 0.15) is 31.2 Å². The molecule has 0 amide bonds. The fourth-order valence-corrected chi connectivity index (χ4v) is 4.16. The Morgan fingerprint density at radius 3 is 2.47 bits per heavy atom. The standard InChI is InChI=1S/C25H24N4O3/c1-15-2-9-21-22(12-15)29-24(28-21)18-5-10-20(26-14-18)17-6-11-23(27-13-17)32-19-7-3-16(4-8-19)25(30)31/h2,5-6,9-14,16,19H,3-4,7-8H2,1H3,(H,28,29)(H,30,31). The summed E-state index contributed by atoms with van der Waals surface area (Å²) in [5.41, 5.74) is 5.79. The van der Waals surface area contributed by atoms with Crippen molar-refractivity contribution in [1.29, 1.82) is 0 Å². The molecule has 162 valence electrons. The number of benzene rings is 1. The molecule has 0 saturated heterocycles. The van der Waals surface area contributed by atoms with Crippen molar-refractivity contribution in [3.05, 3.63) is 60.4 Å². The van der Waals surface area contributed by atoms with E-state index in [4.69, 9.17) is 9.84 Å². The number of H-pyrrole nitrogens is 1. The summed E-state index contributed by atoms with van der Waals surface area (Å²) in [7, 11) is 0. The molecule has 3 aromatic heterocycles. The summed E-state index contributed by atoms with van der Waals surface area (Å²) >= 11 is 0. The van der Waals surface area contributed by atoms with Crippen LogP contribution in [0.4, 0.5) is 0 Å². The molecule has 2 N–H and O–H groups in total. The van der Waals surface area contributed by atoms with Gasteiger partial charge in [0.1, 0.15) is 11.9 Å². The van der Waals surface area contributed by atoms with E-state index in [0.29, 0.717) is 18.7 Å². The topological polar surface area (TPSA) is 101 Å². The van der Waals surface area contributed by atoms with Crippen molar-refractivity contribution in [2.45, 2.75) is 38.7 Å². The zero-order valence-corrected chi connectivity index (χ0v) is 17.8. The number of pyridine rings is 2. The number of nitrogens with one attached hydrogen (secondary N) is 1. The van der Waals surface area contributed by atoms with Gasteiger partial charge in [0, 0.05) is 29.6 Å². The summed E-state index contributed by atoms with van der Waals surface area (Å²) in [6.45, 7) is 2.06. The lowest BCUT2D eigenvalue weighted by molar-refractivity contribution is -0.143. The van der Waals surface area contributed by atoms with Gasteiger partial charge in [-0.05, 0) is 68.5 Å². The first-order valence-corrected chi connectivity index (χ1v) is 10.8. The number of aliphatic carboxylic acids is 1. The predicted octanol–water partition coefficient (Wildman–Crippen LogP) is 5.02. The van der Waals surface area contributed by atoms with Gasteiger partial charge in [0.05, 0.1) is 22.6 Å². The molecule has 1 fully saturated rings. The number of aryl methyl sites for hydroxylation is 1. The predicted molar refractivity (Wildman–Crippen MR) is 121 cm³/mol. The van der Waals surface area contributed by atoms with E-state index in [0.717, 1.165) is 46.5 Å². The molecule has 0 spiro atoms. The van der Waals surface area contributed by atoms with Gasteiger partial charge in [0.2, 0.25) is 5.88 Å². The number of aromatic amines is 1. The normalized spacial score (nSPS) is 18.5. The molecular weight excluding hydrogens is 404 g/mol. The Kier molecular flexibility index (Phi) is 5.31. The maximum atomic E-state index is 11.1. The quantitative estimate of drug-likeness (QED) is 0.463. The van der Waals surface area contributed by atoms with Crippen LogP contribution in [0.2, 0.25) is 0 Å². The molecule has 3 heterocycles. The SMILES string of the molecule is Cc1ccc2nc(-c3ccc(-c4ccc(OC5CCC(C(=O)O)CC5)nc4)nc3)[nH]c2c1. The van der Waals surface area contributed by atoms with E-state index in [-0.39, 0.29) is 12.0 Å². The van der Waals surface area contributed by atoms with Crippen molar-refractivity contribution < 1.29 is 14.6 Å². The van der Waals surface area contributed by atoms with Gasteiger partial charge in [-0.2, -0.15) is 0 Å². The van der Waals surface area contributed by atoms with E-state index in [1.807, 2.05) is 36.5 Å². The van der Waals surface area contributed by atoms with Crippen LogP contribution < -0.4 is 4.74 Å². The van der Waals surface area contributed by atoms with Crippen molar-refractivity contribution in [1.82, 2.24) is 19.9 Å². The Hall–Kier alpha value is -3.74. The van der Waals surface area contributed by atoms with E-state index in [1.54, 1.807) is 6.20 Å². The summed E-state index contributed by atoms with van der Waals surface area (Å²) in [5.74, 6) is 0.397. The minimum Gasteiger partial charge on any atom is -0.481 e. The summed E-state index contributed by atoms with van der Waals surface area (Å²) in [4.78, 5) is 28.1. The van der Waals surface area contributed by atoms with E-state index in [1.165, 1.54) is 5.56 Å². The first kappa shape index (κ1) is 20.2. The van der Waals surface area contributed by atoms with Crippen LogP contribution in [0.5, 0.6) is 5.88 Å². The van der Waals surface area contributed by atoms with Crippen LogP contribution in [0.25, 0.3) is 33.7 Å². The second-order valence-electron chi connectivity index (χ2n) is 8.35. The number of hydrogen-bond donors (Lipinski definition) is 2. The van der Waals surface area contributed by atoms with Crippen LogP contribution in [0.3, 0.4) is 0 Å². The minimum atomic E-state index is -0.708. The molecule has 0 atom stereocenters. The van der Waals surface area contributed by atoms with Crippen LogP contribution in [0.15, 0.2) is 54.9 Å². The van der Waals surface area contributed by atoms with Gasteiger partial charge in [0.15, 0.2) is 0 Å². The zero-order chi connectivity index (χ0) is 22.1. The lowest BCUT2D eigenvalue weighted by Crippen LogP contribution is -2.28. The summed E-state index contributed by atoms with van der Waals surface area (Å²) < 4.78 is 5.95. The molecular formula is C25H24N4O3. The van der Waals surface area contributed by atoms with Crippen molar-refractivity contribution in [2.24, 2.45) is 5.92 Å². The Morgan fingerprint density at radius 2 is 1.78 bits per heavy atom. The highest BCUT2D eigenvalue weighted by Crippen LogP contribution is 2.28. The summed E-state index contributed by atoms with van der Waals surface area (Å²) in [6, 6.07) is 13.9. The fourth-order valence-electron chi connectivity index (χ4n) is 4.16. The number of hydrogen-bond acceptors (Lipinski definition) is 5. The van der Waals surface area contributed by atoms with E-state index >= 15 is 0 Å². The van der Waals surface area contributed by atoms with E-state index in [2.05, 4.69) is 39.0 Å². The smallest absolute Gasteiger partial charge is 0.306 e. The number of aromatic nitrogens is 4. The van der Waals surface area contributed by atoms with Crippen LogP contribution >= 0.6 is 0 Å². The highest BCUT2D eigenvalue weighted by molar-refractivity contribution is 5.80. The average Bonchev–Trinajstić information content (AvgIpc) is 3.23. The molecule has 0 aliphatic heterocycles. The van der Waals surface area contributed by atoms with E-state index < -0.39 is 5.97 Å². The van der Waals surface area contributed by atoms with Crippen LogP contribution in [-0.4, -0.2) is 37.1 Å². The number of ether oxygens (including phenoxy) is 1. The molecule has 1 aliphatic rings. The Balaban J connectivity index is 1.25. The molecule has 4 aromatic rings. The van der Waals surface area contributed by atoms with E-state index in [9.17, 15) is 4.79 Å². The second-order valence-corrected chi connectivity index (χ2v) is 8.35. The van der Waals surface area contributed by atoms with Gasteiger partial charge < -0.3 is 14.8 Å². The lowest BCUT2D eigenvalue weighted by Gasteiger charge is -2.26. The van der Waals surface area contributed by atoms with Gasteiger partial charge in [-0.1, -0.05) is 6.07 Å². The number of fused-ring (bicyclic) bond motifs is 1.